The smallest absolute Gasteiger partial charge is 0.0985 e. The topological polar surface area (TPSA) is 0 Å². The van der Waals surface area contributed by atoms with Gasteiger partial charge in [0.1, 0.15) is 0 Å². The lowest BCUT2D eigenvalue weighted by molar-refractivity contribution is 0.611. The molecule has 0 saturated heterocycles. The predicted octanol–water partition coefficient (Wildman–Crippen LogP) is 1.47. The van der Waals surface area contributed by atoms with Crippen molar-refractivity contribution in [2.24, 2.45) is 5.92 Å². The zero-order chi connectivity index (χ0) is 5.11. The molecule has 0 nitrogen and oxygen atoms in total. The van der Waals surface area contributed by atoms with Crippen LogP contribution in [0.3, 0.4) is 0 Å². The summed E-state index contributed by atoms with van der Waals surface area (Å²) in [5.74, 6) is 1.16. The van der Waals surface area contributed by atoms with Crippen molar-refractivity contribution in [3.05, 3.63) is 0 Å². The van der Waals surface area contributed by atoms with Gasteiger partial charge in [0.25, 0.3) is 0 Å². The fourth-order valence-electron chi connectivity index (χ4n) is 1.42. The maximum absolute atomic E-state index is 1.56. The molecule has 0 atom stereocenters. The van der Waals surface area contributed by atoms with Crippen LogP contribution in [-0.2, 0) is 0 Å². The summed E-state index contributed by atoms with van der Waals surface area (Å²) in [6.07, 6.45) is 6.13. The van der Waals surface area contributed by atoms with Crippen LogP contribution in [0.1, 0.15) is 27.1 Å². The van der Waals surface area contributed by atoms with Gasteiger partial charge < -0.3 is 0 Å². The molecule has 0 spiro atoms. The summed E-state index contributed by atoms with van der Waals surface area (Å²) in [6.45, 7) is 0. The average Bonchev–Trinajstić information content (AvgIpc) is 2.14. The van der Waals surface area contributed by atoms with Crippen molar-refractivity contribution < 1.29 is 1.43 Å². The average molecular weight is 114 g/mol. The van der Waals surface area contributed by atoms with Gasteiger partial charge in [0, 0.05) is 1.43 Å². The van der Waals surface area contributed by atoms with Gasteiger partial charge in [0.15, 0.2) is 0 Å². The van der Waals surface area contributed by atoms with E-state index in [0.29, 0.717) is 0 Å². The molecule has 0 bridgehead atoms. The number of hydrogen-bond acceptors (Lipinski definition) is 0. The first-order valence-corrected chi connectivity index (χ1v) is 4.85. The minimum atomic E-state index is 0. The zero-order valence-electron chi connectivity index (χ0n) is 5.11. The molecule has 1 aliphatic rings. The number of hydrogen-bond donors (Lipinski definition) is 0. The van der Waals surface area contributed by atoms with Gasteiger partial charge >= 0.3 is 0 Å². The molecule has 0 aliphatic heterocycles. The molecule has 1 aliphatic carbocycles. The Morgan fingerprint density at radius 1 is 1.43 bits per heavy atom. The second-order valence-electron chi connectivity index (χ2n) is 2.56. The zero-order valence-corrected chi connectivity index (χ0v) is 7.11. The third-order valence-corrected chi connectivity index (χ3v) is 3.21. The van der Waals surface area contributed by atoms with Gasteiger partial charge in [-0.05, 0) is 0 Å². The Balaban J connectivity index is 0.000000490. The molecule has 1 saturated carbocycles. The maximum atomic E-state index is 1.56. The van der Waals surface area contributed by atoms with Crippen LogP contribution >= 0.6 is 0 Å². The summed E-state index contributed by atoms with van der Waals surface area (Å²) in [6, 6.07) is 0. The molecule has 0 N–H and O–H groups in total. The molecule has 0 aromatic carbocycles. The lowest BCUT2D eigenvalue weighted by atomic mass is 10.1. The first-order valence-electron chi connectivity index (χ1n) is 3.43. The summed E-state index contributed by atoms with van der Waals surface area (Å²) in [5.41, 5.74) is 0. The van der Waals surface area contributed by atoms with E-state index in [9.17, 15) is 0 Å². The van der Waals surface area contributed by atoms with E-state index in [1.165, 1.54) is 29.1 Å². The Morgan fingerprint density at radius 2 is 2.00 bits per heavy atom. The molecule has 42 valence electrons. The van der Waals surface area contributed by atoms with Crippen LogP contribution in [-0.4, -0.2) is 16.3 Å². The quantitative estimate of drug-likeness (QED) is 0.453. The highest BCUT2D eigenvalue weighted by Crippen LogP contribution is 2.26. The molecule has 1 fully saturated rings. The van der Waals surface area contributed by atoms with E-state index in [1.54, 1.807) is 18.1 Å². The van der Waals surface area contributed by atoms with Crippen molar-refractivity contribution in [1.29, 1.82) is 0 Å². The molecule has 0 aromatic rings. The molecular formula is C6H15Al. The highest BCUT2D eigenvalue weighted by Gasteiger charge is 2.10. The standard InChI is InChI=1S/C6H11.Al.H2.2H/c1-6-4-2-3-5-6;;;;/h6H,1-5H2;;1H;;. The van der Waals surface area contributed by atoms with E-state index in [-0.39, 0.29) is 1.43 Å². The van der Waals surface area contributed by atoms with Gasteiger partial charge in [-0.15, -0.1) is 0 Å². The van der Waals surface area contributed by atoms with Crippen molar-refractivity contribution in [2.45, 2.75) is 31.0 Å². The van der Waals surface area contributed by atoms with Gasteiger partial charge in [-0.1, -0.05) is 36.9 Å². The van der Waals surface area contributed by atoms with Crippen molar-refractivity contribution in [3.63, 3.8) is 0 Å². The largest absolute Gasteiger partial charge is 0.212 e. The fraction of sp³-hybridized carbons (Fsp3) is 1.00. The van der Waals surface area contributed by atoms with Crippen LogP contribution < -0.4 is 0 Å². The monoisotopic (exact) mass is 114 g/mol. The molecule has 0 aromatic heterocycles. The third-order valence-electron chi connectivity index (χ3n) is 2.05. The Kier molecular flexibility index (Phi) is 2.22. The van der Waals surface area contributed by atoms with Crippen LogP contribution in [0.4, 0.5) is 0 Å². The summed E-state index contributed by atoms with van der Waals surface area (Å²) >= 11 is 1.43. The predicted molar refractivity (Wildman–Crippen MR) is 37.4 cm³/mol. The second-order valence-corrected chi connectivity index (χ2v) is 3.38. The molecule has 7 heavy (non-hydrogen) atoms. The third kappa shape index (κ3) is 1.48. The first-order chi connectivity index (χ1) is 3.43. The highest BCUT2D eigenvalue weighted by molar-refractivity contribution is 6.08. The summed E-state index contributed by atoms with van der Waals surface area (Å²) < 4.78 is 0. The molecule has 0 amide bonds. The van der Waals surface area contributed by atoms with E-state index in [0.717, 1.165) is 5.92 Å². The van der Waals surface area contributed by atoms with Crippen molar-refractivity contribution >= 4 is 16.3 Å². The van der Waals surface area contributed by atoms with Crippen LogP contribution in [0.2, 0.25) is 5.28 Å². The lowest BCUT2D eigenvalue weighted by Crippen LogP contribution is -1.88. The molecule has 0 radical (unpaired) electrons. The molecule has 1 heteroatoms. The SMILES string of the molecule is [AlH2][CH2]C1CCCC1.[HH]. The van der Waals surface area contributed by atoms with Gasteiger partial charge in [-0.25, -0.2) is 0 Å². The Bertz CT molecular complexity index is 50.5. The van der Waals surface area contributed by atoms with Gasteiger partial charge in [-0.3, -0.25) is 0 Å². The minimum Gasteiger partial charge on any atom is -0.0985 e. The van der Waals surface area contributed by atoms with Gasteiger partial charge in [0.05, 0.1) is 0 Å². The second kappa shape index (κ2) is 2.75. The van der Waals surface area contributed by atoms with E-state index in [1.807, 2.05) is 0 Å². The van der Waals surface area contributed by atoms with Crippen LogP contribution in [0.5, 0.6) is 0 Å². The summed E-state index contributed by atoms with van der Waals surface area (Å²) in [4.78, 5) is 0. The fourth-order valence-corrected chi connectivity index (χ4v) is 2.24. The highest BCUT2D eigenvalue weighted by atomic mass is 27.0. The van der Waals surface area contributed by atoms with Gasteiger partial charge in [0.2, 0.25) is 16.3 Å². The van der Waals surface area contributed by atoms with E-state index >= 15 is 0 Å². The number of rotatable bonds is 1. The van der Waals surface area contributed by atoms with E-state index in [2.05, 4.69) is 0 Å². The Labute approximate surface area is 55.2 Å². The van der Waals surface area contributed by atoms with Crippen LogP contribution in [0, 0.1) is 5.92 Å². The minimum absolute atomic E-state index is 0. The van der Waals surface area contributed by atoms with Crippen molar-refractivity contribution in [3.8, 4) is 0 Å². The lowest BCUT2D eigenvalue weighted by Gasteiger charge is -1.99. The first kappa shape index (κ1) is 5.67. The van der Waals surface area contributed by atoms with E-state index < -0.39 is 0 Å². The molecule has 1 rings (SSSR count). The molecular weight excluding hydrogens is 99.0 g/mol. The van der Waals surface area contributed by atoms with Crippen LogP contribution in [0.25, 0.3) is 0 Å². The normalized spacial score (nSPS) is 23.4. The molecule has 0 unspecified atom stereocenters. The van der Waals surface area contributed by atoms with E-state index in [4.69, 9.17) is 0 Å². The summed E-state index contributed by atoms with van der Waals surface area (Å²) in [7, 11) is 0. The Hall–Kier alpha value is 0.532. The van der Waals surface area contributed by atoms with Crippen molar-refractivity contribution in [1.82, 2.24) is 0 Å². The van der Waals surface area contributed by atoms with Crippen LogP contribution in [0.15, 0.2) is 0 Å². The maximum Gasteiger partial charge on any atom is 0.212 e. The Morgan fingerprint density at radius 3 is 2.29 bits per heavy atom. The van der Waals surface area contributed by atoms with Crippen molar-refractivity contribution in [2.75, 3.05) is 0 Å². The molecule has 0 heterocycles. The summed E-state index contributed by atoms with van der Waals surface area (Å²) in [5, 5.41) is 1.56. The van der Waals surface area contributed by atoms with Gasteiger partial charge in [-0.2, -0.15) is 0 Å².